The number of hydrogen-bond donors (Lipinski definition) is 1. The van der Waals surface area contributed by atoms with Crippen LogP contribution in [0.5, 0.6) is 0 Å². The van der Waals surface area contributed by atoms with Crippen LogP contribution in [0, 0.1) is 11.8 Å². The van der Waals surface area contributed by atoms with Crippen molar-refractivity contribution >= 4 is 21.6 Å². The molecule has 21 heavy (non-hydrogen) atoms. The van der Waals surface area contributed by atoms with E-state index in [1.165, 1.54) is 36.8 Å². The maximum atomic E-state index is 12.3. The predicted octanol–water partition coefficient (Wildman–Crippen LogP) is 4.04. The predicted molar refractivity (Wildman–Crippen MR) is 90.7 cm³/mol. The summed E-state index contributed by atoms with van der Waals surface area (Å²) >= 11 is 3.45. The van der Waals surface area contributed by atoms with Crippen LogP contribution in [-0.4, -0.2) is 15.8 Å². The third-order valence-corrected chi connectivity index (χ3v) is 4.99. The van der Waals surface area contributed by atoms with Crippen molar-refractivity contribution in [2.75, 3.05) is 5.32 Å². The molecule has 4 nitrogen and oxygen atoms in total. The molecule has 1 N–H and O–H groups in total. The molecule has 1 heterocycles. The molecule has 0 bridgehead atoms. The van der Waals surface area contributed by atoms with Crippen LogP contribution >= 0.6 is 15.9 Å². The summed E-state index contributed by atoms with van der Waals surface area (Å²) < 4.78 is 2.14. The molecule has 5 heteroatoms. The van der Waals surface area contributed by atoms with E-state index in [1.807, 2.05) is 0 Å². The minimum Gasteiger partial charge on any atom is -0.380 e. The quantitative estimate of drug-likeness (QED) is 0.828. The first-order valence-electron chi connectivity index (χ1n) is 8.01. The van der Waals surface area contributed by atoms with E-state index in [-0.39, 0.29) is 5.56 Å². The molecule has 2 rings (SSSR count). The lowest BCUT2D eigenvalue weighted by atomic mass is 9.97. The lowest BCUT2D eigenvalue weighted by Crippen LogP contribution is -2.30. The lowest BCUT2D eigenvalue weighted by molar-refractivity contribution is 0.451. The smallest absolute Gasteiger partial charge is 0.283 e. The van der Waals surface area contributed by atoms with Gasteiger partial charge in [-0.15, -0.1) is 0 Å². The van der Waals surface area contributed by atoms with Crippen molar-refractivity contribution in [2.45, 2.75) is 65.5 Å². The fourth-order valence-electron chi connectivity index (χ4n) is 2.95. The number of hydrogen-bond acceptors (Lipinski definition) is 3. The molecular weight excluding hydrogens is 330 g/mol. The van der Waals surface area contributed by atoms with Gasteiger partial charge in [-0.1, -0.05) is 40.0 Å². The van der Waals surface area contributed by atoms with Crippen LogP contribution in [0.15, 0.2) is 15.5 Å². The zero-order chi connectivity index (χ0) is 15.4. The molecule has 118 valence electrons. The van der Waals surface area contributed by atoms with Crippen LogP contribution in [0.3, 0.4) is 0 Å². The molecule has 2 atom stereocenters. The van der Waals surface area contributed by atoms with Crippen LogP contribution in [0.1, 0.15) is 52.9 Å². The summed E-state index contributed by atoms with van der Waals surface area (Å²) in [7, 11) is 0. The average Bonchev–Trinajstić information content (AvgIpc) is 2.63. The highest BCUT2D eigenvalue weighted by Gasteiger charge is 2.21. The first kappa shape index (κ1) is 16.5. The van der Waals surface area contributed by atoms with E-state index in [2.05, 4.69) is 47.1 Å². The Morgan fingerprint density at radius 3 is 2.81 bits per heavy atom. The van der Waals surface area contributed by atoms with Crippen molar-refractivity contribution in [3.8, 4) is 0 Å². The molecule has 1 aromatic rings. The van der Waals surface area contributed by atoms with Crippen molar-refractivity contribution < 1.29 is 0 Å². The molecule has 0 radical (unpaired) electrons. The highest BCUT2D eigenvalue weighted by atomic mass is 79.9. The molecule has 1 aliphatic rings. The van der Waals surface area contributed by atoms with Crippen LogP contribution in [0.4, 0.5) is 5.69 Å². The maximum Gasteiger partial charge on any atom is 0.283 e. The van der Waals surface area contributed by atoms with Gasteiger partial charge < -0.3 is 5.32 Å². The highest BCUT2D eigenvalue weighted by Crippen LogP contribution is 2.27. The van der Waals surface area contributed by atoms with Gasteiger partial charge in [-0.25, -0.2) is 4.68 Å². The molecule has 2 unspecified atom stereocenters. The summed E-state index contributed by atoms with van der Waals surface area (Å²) in [6.07, 6.45) is 8.10. The van der Waals surface area contributed by atoms with E-state index in [0.717, 1.165) is 5.69 Å². The minimum absolute atomic E-state index is 0.0463. The Labute approximate surface area is 135 Å². The Hall–Kier alpha value is -0.840. The molecular formula is C16H26BrN3O. The van der Waals surface area contributed by atoms with Crippen LogP contribution in [0.2, 0.25) is 0 Å². The topological polar surface area (TPSA) is 46.9 Å². The van der Waals surface area contributed by atoms with E-state index < -0.39 is 0 Å². The largest absolute Gasteiger partial charge is 0.380 e. The van der Waals surface area contributed by atoms with E-state index >= 15 is 0 Å². The van der Waals surface area contributed by atoms with Gasteiger partial charge in [-0.3, -0.25) is 4.79 Å². The Morgan fingerprint density at radius 1 is 1.38 bits per heavy atom. The normalized spacial score (nSPS) is 23.1. The summed E-state index contributed by atoms with van der Waals surface area (Å²) in [6.45, 7) is 7.12. The average molecular weight is 356 g/mol. The van der Waals surface area contributed by atoms with Gasteiger partial charge in [0.15, 0.2) is 0 Å². The number of anilines is 1. The Morgan fingerprint density at radius 2 is 2.10 bits per heavy atom. The summed E-state index contributed by atoms with van der Waals surface area (Å²) in [4.78, 5) is 12.3. The minimum atomic E-state index is -0.0463. The van der Waals surface area contributed by atoms with Crippen molar-refractivity contribution in [2.24, 2.45) is 11.8 Å². The SMILES string of the molecule is CC(C)Cn1ncc(NC2CCCCCC2C)c(Br)c1=O. The van der Waals surface area contributed by atoms with Gasteiger partial charge in [0.25, 0.3) is 5.56 Å². The van der Waals surface area contributed by atoms with Crippen LogP contribution in [0.25, 0.3) is 0 Å². The lowest BCUT2D eigenvalue weighted by Gasteiger charge is -2.24. The second-order valence-electron chi connectivity index (χ2n) is 6.62. The number of halogens is 1. The molecule has 1 fully saturated rings. The summed E-state index contributed by atoms with van der Waals surface area (Å²) in [5.74, 6) is 1.04. The fraction of sp³-hybridized carbons (Fsp3) is 0.750. The van der Waals surface area contributed by atoms with Crippen molar-refractivity contribution in [3.63, 3.8) is 0 Å². The van der Waals surface area contributed by atoms with Gasteiger partial charge in [0.1, 0.15) is 4.47 Å². The number of nitrogens with one attached hydrogen (secondary N) is 1. The number of nitrogens with zero attached hydrogens (tertiary/aromatic N) is 2. The van der Waals surface area contributed by atoms with Crippen LogP contribution < -0.4 is 10.9 Å². The van der Waals surface area contributed by atoms with Crippen molar-refractivity contribution in [1.29, 1.82) is 0 Å². The third-order valence-electron chi connectivity index (χ3n) is 4.23. The van der Waals surface area contributed by atoms with Gasteiger partial charge >= 0.3 is 0 Å². The van der Waals surface area contributed by atoms with E-state index in [9.17, 15) is 4.79 Å². The highest BCUT2D eigenvalue weighted by molar-refractivity contribution is 9.10. The monoisotopic (exact) mass is 355 g/mol. The fourth-order valence-corrected chi connectivity index (χ4v) is 3.37. The first-order valence-corrected chi connectivity index (χ1v) is 8.80. The molecule has 0 aromatic carbocycles. The first-order chi connectivity index (χ1) is 9.99. The van der Waals surface area contributed by atoms with E-state index in [0.29, 0.717) is 28.9 Å². The van der Waals surface area contributed by atoms with Crippen LogP contribution in [-0.2, 0) is 6.54 Å². The number of rotatable bonds is 4. The Balaban J connectivity index is 2.16. The summed E-state index contributed by atoms with van der Waals surface area (Å²) in [5, 5.41) is 7.84. The molecule has 0 saturated heterocycles. The van der Waals surface area contributed by atoms with Gasteiger partial charge in [-0.05, 0) is 40.6 Å². The summed E-state index contributed by atoms with van der Waals surface area (Å²) in [6, 6.07) is 0.436. The van der Waals surface area contributed by atoms with Gasteiger partial charge in [0, 0.05) is 12.6 Å². The van der Waals surface area contributed by atoms with Crippen molar-refractivity contribution in [3.05, 3.63) is 21.0 Å². The molecule has 0 spiro atoms. The molecule has 0 amide bonds. The molecule has 0 aliphatic heterocycles. The Kier molecular flexibility index (Phi) is 5.85. The van der Waals surface area contributed by atoms with Gasteiger partial charge in [-0.2, -0.15) is 5.10 Å². The standard InChI is InChI=1S/C16H26BrN3O/c1-11(2)10-20-16(21)15(17)14(9-18-20)19-13-8-6-4-5-7-12(13)3/h9,11-13,19H,4-8,10H2,1-3H3. The molecule has 1 saturated carbocycles. The molecule has 1 aromatic heterocycles. The second kappa shape index (κ2) is 7.43. The zero-order valence-corrected chi connectivity index (χ0v) is 14.8. The van der Waals surface area contributed by atoms with E-state index in [4.69, 9.17) is 0 Å². The molecule has 1 aliphatic carbocycles. The third kappa shape index (κ3) is 4.31. The van der Waals surface area contributed by atoms with E-state index in [1.54, 1.807) is 6.20 Å². The van der Waals surface area contributed by atoms with Crippen molar-refractivity contribution in [1.82, 2.24) is 9.78 Å². The second-order valence-corrected chi connectivity index (χ2v) is 7.41. The Bertz CT molecular complexity index is 527. The van der Waals surface area contributed by atoms with Gasteiger partial charge in [0.2, 0.25) is 0 Å². The van der Waals surface area contributed by atoms with Gasteiger partial charge in [0.05, 0.1) is 11.9 Å². The number of aromatic nitrogens is 2. The maximum absolute atomic E-state index is 12.3. The zero-order valence-electron chi connectivity index (χ0n) is 13.2. The summed E-state index contributed by atoms with van der Waals surface area (Å²) in [5.41, 5.74) is 0.786.